The summed E-state index contributed by atoms with van der Waals surface area (Å²) in [7, 11) is 0. The number of amides is 1. The molecule has 0 radical (unpaired) electrons. The van der Waals surface area contributed by atoms with Crippen molar-refractivity contribution in [2.45, 2.75) is 33.9 Å². The van der Waals surface area contributed by atoms with Crippen LogP contribution in [0.2, 0.25) is 0 Å². The van der Waals surface area contributed by atoms with Crippen LogP contribution in [-0.2, 0) is 13.1 Å². The van der Waals surface area contributed by atoms with Crippen LogP contribution in [0.3, 0.4) is 0 Å². The van der Waals surface area contributed by atoms with Gasteiger partial charge in [-0.3, -0.25) is 4.79 Å². The van der Waals surface area contributed by atoms with E-state index in [1.165, 1.54) is 16.6 Å². The van der Waals surface area contributed by atoms with E-state index in [1.54, 1.807) is 0 Å². The van der Waals surface area contributed by atoms with E-state index in [1.807, 2.05) is 29.8 Å². The largest absolute Gasteiger partial charge is 0.358 e. The first-order valence-corrected chi connectivity index (χ1v) is 8.50. The maximum atomic E-state index is 12.4. The molecule has 2 N–H and O–H groups in total. The summed E-state index contributed by atoms with van der Waals surface area (Å²) in [5, 5.41) is 4.22. The molecule has 3 aromatic rings. The summed E-state index contributed by atoms with van der Waals surface area (Å²) in [6.45, 7) is 7.50. The molecule has 23 heavy (non-hydrogen) atoms. The van der Waals surface area contributed by atoms with Gasteiger partial charge in [-0.25, -0.2) is 0 Å². The van der Waals surface area contributed by atoms with E-state index in [9.17, 15) is 4.79 Å². The summed E-state index contributed by atoms with van der Waals surface area (Å²) in [5.41, 5.74) is 5.36. The molecule has 1 amide bonds. The Bertz CT molecular complexity index is 876. The number of hydrogen-bond donors (Lipinski definition) is 2. The maximum Gasteiger partial charge on any atom is 0.268 e. The second-order valence-electron chi connectivity index (χ2n) is 5.77. The SMILES string of the molecule is CCn1cc(Br)cc1C(=O)NCc1ccc2[nH]c(C)c(C)c2c1. The topological polar surface area (TPSA) is 49.8 Å². The minimum Gasteiger partial charge on any atom is -0.358 e. The number of nitrogens with one attached hydrogen (secondary N) is 2. The van der Waals surface area contributed by atoms with Crippen molar-refractivity contribution in [3.63, 3.8) is 0 Å². The lowest BCUT2D eigenvalue weighted by Gasteiger charge is -2.08. The van der Waals surface area contributed by atoms with E-state index in [2.05, 4.69) is 52.2 Å². The number of halogens is 1. The van der Waals surface area contributed by atoms with Crippen molar-refractivity contribution < 1.29 is 4.79 Å². The first-order chi connectivity index (χ1) is 11.0. The molecule has 0 aliphatic heterocycles. The molecular weight excluding hydrogens is 354 g/mol. The normalized spacial score (nSPS) is 11.1. The number of rotatable bonds is 4. The predicted molar refractivity (Wildman–Crippen MR) is 96.7 cm³/mol. The van der Waals surface area contributed by atoms with Crippen LogP contribution in [0, 0.1) is 13.8 Å². The fraction of sp³-hybridized carbons (Fsp3) is 0.278. The number of aryl methyl sites for hydroxylation is 3. The van der Waals surface area contributed by atoms with Crippen LogP contribution in [-0.4, -0.2) is 15.5 Å². The van der Waals surface area contributed by atoms with Crippen LogP contribution in [0.4, 0.5) is 0 Å². The van der Waals surface area contributed by atoms with Gasteiger partial charge in [0.2, 0.25) is 0 Å². The zero-order valence-electron chi connectivity index (χ0n) is 13.5. The summed E-state index contributed by atoms with van der Waals surface area (Å²) in [5.74, 6) is -0.0559. The molecule has 2 heterocycles. The highest BCUT2D eigenvalue weighted by molar-refractivity contribution is 9.10. The molecule has 0 unspecified atom stereocenters. The van der Waals surface area contributed by atoms with Crippen molar-refractivity contribution in [3.05, 3.63) is 57.4 Å². The molecule has 0 fully saturated rings. The Hall–Kier alpha value is -2.01. The number of aromatic nitrogens is 2. The van der Waals surface area contributed by atoms with E-state index >= 15 is 0 Å². The fourth-order valence-corrected chi connectivity index (χ4v) is 3.28. The van der Waals surface area contributed by atoms with Gasteiger partial charge in [0, 0.05) is 40.4 Å². The summed E-state index contributed by atoms with van der Waals surface area (Å²) >= 11 is 3.42. The van der Waals surface area contributed by atoms with Crippen molar-refractivity contribution in [2.24, 2.45) is 0 Å². The molecule has 0 atom stereocenters. The van der Waals surface area contributed by atoms with Gasteiger partial charge in [0.15, 0.2) is 0 Å². The van der Waals surface area contributed by atoms with Gasteiger partial charge < -0.3 is 14.9 Å². The highest BCUT2D eigenvalue weighted by Crippen LogP contribution is 2.22. The van der Waals surface area contributed by atoms with Gasteiger partial charge in [-0.1, -0.05) is 6.07 Å². The number of benzene rings is 1. The molecule has 0 aliphatic carbocycles. The molecule has 0 spiro atoms. The lowest BCUT2D eigenvalue weighted by Crippen LogP contribution is -2.25. The monoisotopic (exact) mass is 373 g/mol. The molecular formula is C18H20BrN3O. The molecule has 120 valence electrons. The Labute approximate surface area is 144 Å². The summed E-state index contributed by atoms with van der Waals surface area (Å²) in [6.07, 6.45) is 1.92. The third-order valence-corrected chi connectivity index (χ3v) is 4.70. The average Bonchev–Trinajstić information content (AvgIpc) is 3.05. The molecule has 4 nitrogen and oxygen atoms in total. The third-order valence-electron chi connectivity index (χ3n) is 4.26. The van der Waals surface area contributed by atoms with Crippen molar-refractivity contribution in [3.8, 4) is 0 Å². The quantitative estimate of drug-likeness (QED) is 0.703. The minimum absolute atomic E-state index is 0.0559. The van der Waals surface area contributed by atoms with E-state index in [0.717, 1.165) is 22.1 Å². The van der Waals surface area contributed by atoms with Crippen LogP contribution >= 0.6 is 15.9 Å². The van der Waals surface area contributed by atoms with Crippen LogP contribution in [0.5, 0.6) is 0 Å². The molecule has 3 rings (SSSR count). The molecule has 0 saturated carbocycles. The highest BCUT2D eigenvalue weighted by atomic mass is 79.9. The predicted octanol–water partition coefficient (Wildman–Crippen LogP) is 4.30. The van der Waals surface area contributed by atoms with E-state index in [-0.39, 0.29) is 5.91 Å². The Morgan fingerprint density at radius 3 is 2.83 bits per heavy atom. The molecule has 0 aliphatic rings. The molecule has 1 aromatic carbocycles. The fourth-order valence-electron chi connectivity index (χ4n) is 2.82. The second-order valence-corrected chi connectivity index (χ2v) is 6.68. The Kier molecular flexibility index (Phi) is 4.31. The average molecular weight is 374 g/mol. The van der Waals surface area contributed by atoms with Gasteiger partial charge in [-0.2, -0.15) is 0 Å². The Morgan fingerprint density at radius 2 is 2.09 bits per heavy atom. The van der Waals surface area contributed by atoms with Gasteiger partial charge in [-0.05, 0) is 66.0 Å². The van der Waals surface area contributed by atoms with Crippen LogP contribution < -0.4 is 5.32 Å². The number of hydrogen-bond acceptors (Lipinski definition) is 1. The molecule has 0 bridgehead atoms. The van der Waals surface area contributed by atoms with Crippen molar-refractivity contribution >= 4 is 32.7 Å². The third kappa shape index (κ3) is 3.06. The standard InChI is InChI=1S/C18H20BrN3O/c1-4-22-10-14(19)8-17(22)18(23)20-9-13-5-6-16-15(7-13)11(2)12(3)21-16/h5-8,10,21H,4,9H2,1-3H3,(H,20,23). The van der Waals surface area contributed by atoms with Gasteiger partial charge >= 0.3 is 0 Å². The van der Waals surface area contributed by atoms with Gasteiger partial charge in [0.1, 0.15) is 5.69 Å². The Balaban J connectivity index is 1.77. The number of fused-ring (bicyclic) bond motifs is 1. The van der Waals surface area contributed by atoms with Crippen molar-refractivity contribution in [1.29, 1.82) is 0 Å². The van der Waals surface area contributed by atoms with Crippen LogP contribution in [0.15, 0.2) is 34.9 Å². The van der Waals surface area contributed by atoms with E-state index < -0.39 is 0 Å². The Morgan fingerprint density at radius 1 is 1.30 bits per heavy atom. The second kappa shape index (κ2) is 6.24. The van der Waals surface area contributed by atoms with Crippen molar-refractivity contribution in [1.82, 2.24) is 14.9 Å². The molecule has 0 saturated heterocycles. The minimum atomic E-state index is -0.0559. The smallest absolute Gasteiger partial charge is 0.268 e. The number of aromatic amines is 1. The van der Waals surface area contributed by atoms with Crippen molar-refractivity contribution in [2.75, 3.05) is 0 Å². The summed E-state index contributed by atoms with van der Waals surface area (Å²) in [4.78, 5) is 15.8. The highest BCUT2D eigenvalue weighted by Gasteiger charge is 2.12. The molecule has 2 aromatic heterocycles. The number of carbonyl (C=O) groups is 1. The number of nitrogens with zero attached hydrogens (tertiary/aromatic N) is 1. The number of H-pyrrole nitrogens is 1. The summed E-state index contributed by atoms with van der Waals surface area (Å²) in [6, 6.07) is 8.11. The van der Waals surface area contributed by atoms with E-state index in [4.69, 9.17) is 0 Å². The zero-order valence-corrected chi connectivity index (χ0v) is 15.1. The lowest BCUT2D eigenvalue weighted by molar-refractivity contribution is 0.0942. The zero-order chi connectivity index (χ0) is 16.6. The first-order valence-electron chi connectivity index (χ1n) is 7.71. The van der Waals surface area contributed by atoms with Crippen LogP contribution in [0.1, 0.15) is 34.2 Å². The molecule has 5 heteroatoms. The van der Waals surface area contributed by atoms with Gasteiger partial charge in [0.05, 0.1) is 0 Å². The summed E-state index contributed by atoms with van der Waals surface area (Å²) < 4.78 is 2.85. The van der Waals surface area contributed by atoms with Gasteiger partial charge in [0.25, 0.3) is 5.91 Å². The number of carbonyl (C=O) groups excluding carboxylic acids is 1. The lowest BCUT2D eigenvalue weighted by atomic mass is 10.1. The van der Waals surface area contributed by atoms with Gasteiger partial charge in [-0.15, -0.1) is 0 Å². The van der Waals surface area contributed by atoms with E-state index in [0.29, 0.717) is 12.2 Å². The van der Waals surface area contributed by atoms with Crippen LogP contribution in [0.25, 0.3) is 10.9 Å². The first kappa shape index (κ1) is 15.9. The maximum absolute atomic E-state index is 12.4.